The molecule has 1 aliphatic heterocycles. The Hall–Kier alpha value is 0.170. The first-order valence-electron chi connectivity index (χ1n) is 1.97. The van der Waals surface area contributed by atoms with Crippen LogP contribution < -0.4 is 0 Å². The Labute approximate surface area is 44.9 Å². The Balaban J connectivity index is 2.44. The molecule has 0 spiro atoms. The van der Waals surface area contributed by atoms with Crippen LogP contribution in [0.4, 0.5) is 8.59 Å². The first-order valence-corrected chi connectivity index (χ1v) is 3.61. The molecule has 3 nitrogen and oxygen atoms in total. The summed E-state index contributed by atoms with van der Waals surface area (Å²) >= 11 is 0. The van der Waals surface area contributed by atoms with Gasteiger partial charge in [-0.05, 0) is 0 Å². The van der Waals surface area contributed by atoms with Crippen LogP contribution in [0.3, 0.4) is 0 Å². The van der Waals surface area contributed by atoms with Crippen LogP contribution in [0.2, 0.25) is 0 Å². The molecule has 6 heteroatoms. The Morgan fingerprint density at radius 3 is 2.50 bits per heavy atom. The predicted octanol–water partition coefficient (Wildman–Crippen LogP) is 0.700. The minimum atomic E-state index is -4.48. The number of halogens is 2. The van der Waals surface area contributed by atoms with Crippen LogP contribution in [0.1, 0.15) is 0 Å². The Bertz CT molecular complexity index is 97.3. The van der Waals surface area contributed by atoms with Crippen LogP contribution in [0.5, 0.6) is 0 Å². The van der Waals surface area contributed by atoms with Crippen molar-refractivity contribution in [1.29, 1.82) is 0 Å². The SMILES string of the molecule is O[PH]1(F)OCC(F)O1. The minimum absolute atomic E-state index is 0.501. The van der Waals surface area contributed by atoms with E-state index in [4.69, 9.17) is 4.89 Å². The summed E-state index contributed by atoms with van der Waals surface area (Å²) in [6, 6.07) is 0. The molecule has 0 saturated carbocycles. The van der Waals surface area contributed by atoms with Gasteiger partial charge in [-0.25, -0.2) is 0 Å². The summed E-state index contributed by atoms with van der Waals surface area (Å²) in [5.74, 6) is 0. The van der Waals surface area contributed by atoms with Crippen molar-refractivity contribution in [2.75, 3.05) is 6.61 Å². The van der Waals surface area contributed by atoms with Gasteiger partial charge in [-0.2, -0.15) is 0 Å². The molecule has 0 aromatic carbocycles. The average molecular weight is 146 g/mol. The van der Waals surface area contributed by atoms with Gasteiger partial charge < -0.3 is 0 Å². The Morgan fingerprint density at radius 1 is 1.75 bits per heavy atom. The molecule has 1 atom stereocenters. The second-order valence-corrected chi connectivity index (χ2v) is 2.88. The first kappa shape index (κ1) is 6.29. The van der Waals surface area contributed by atoms with E-state index in [0.717, 1.165) is 0 Å². The predicted molar refractivity (Wildman–Crippen MR) is 23.6 cm³/mol. The van der Waals surface area contributed by atoms with E-state index in [-0.39, 0.29) is 0 Å². The summed E-state index contributed by atoms with van der Waals surface area (Å²) in [6.07, 6.45) is -1.79. The quantitative estimate of drug-likeness (QED) is 0.511. The fraction of sp³-hybridized carbons (Fsp3) is 1.00. The molecular formula is C2H5F2O3P. The summed E-state index contributed by atoms with van der Waals surface area (Å²) in [5.41, 5.74) is 0. The monoisotopic (exact) mass is 146 g/mol. The molecule has 0 amide bonds. The third kappa shape index (κ3) is 1.32. The third-order valence-corrected chi connectivity index (χ3v) is 1.73. The van der Waals surface area contributed by atoms with Crippen LogP contribution in [0, 0.1) is 0 Å². The Morgan fingerprint density at radius 2 is 2.38 bits per heavy atom. The van der Waals surface area contributed by atoms with E-state index in [1.54, 1.807) is 0 Å². The van der Waals surface area contributed by atoms with Crippen molar-refractivity contribution in [3.05, 3.63) is 0 Å². The zero-order valence-corrected chi connectivity index (χ0v) is 4.80. The fourth-order valence-electron chi connectivity index (χ4n) is 0.394. The van der Waals surface area contributed by atoms with Crippen LogP contribution in [0.25, 0.3) is 0 Å². The Kier molecular flexibility index (Phi) is 1.45. The van der Waals surface area contributed by atoms with Gasteiger partial charge in [0.25, 0.3) is 0 Å². The van der Waals surface area contributed by atoms with Crippen LogP contribution in [-0.4, -0.2) is 17.9 Å². The molecule has 1 unspecified atom stereocenters. The summed E-state index contributed by atoms with van der Waals surface area (Å²) in [6.45, 7) is -0.501. The van der Waals surface area contributed by atoms with Crippen molar-refractivity contribution in [2.45, 2.75) is 6.36 Å². The molecule has 1 fully saturated rings. The molecule has 8 heavy (non-hydrogen) atoms. The van der Waals surface area contributed by atoms with Crippen molar-refractivity contribution in [2.24, 2.45) is 0 Å². The molecule has 0 bridgehead atoms. The van der Waals surface area contributed by atoms with Crippen molar-refractivity contribution in [1.82, 2.24) is 0 Å². The van der Waals surface area contributed by atoms with E-state index in [9.17, 15) is 8.59 Å². The number of hydrogen-bond acceptors (Lipinski definition) is 3. The van der Waals surface area contributed by atoms with Gasteiger partial charge in [0.2, 0.25) is 0 Å². The first-order chi connectivity index (χ1) is 3.60. The van der Waals surface area contributed by atoms with E-state index < -0.39 is 21.2 Å². The summed E-state index contributed by atoms with van der Waals surface area (Å²) in [7, 11) is -4.48. The molecule has 1 N–H and O–H groups in total. The number of hydrogen-bond donors (Lipinski definition) is 1. The zero-order chi connectivity index (χ0) is 6.20. The van der Waals surface area contributed by atoms with E-state index in [0.29, 0.717) is 0 Å². The van der Waals surface area contributed by atoms with Gasteiger partial charge in [-0.3, -0.25) is 0 Å². The van der Waals surface area contributed by atoms with Gasteiger partial charge in [0.05, 0.1) is 0 Å². The summed E-state index contributed by atoms with van der Waals surface area (Å²) in [4.78, 5) is 8.15. The summed E-state index contributed by atoms with van der Waals surface area (Å²) in [5, 5.41) is 0. The van der Waals surface area contributed by atoms with E-state index in [2.05, 4.69) is 9.05 Å². The molecular weight excluding hydrogens is 141 g/mol. The van der Waals surface area contributed by atoms with Crippen molar-refractivity contribution in [3.8, 4) is 0 Å². The van der Waals surface area contributed by atoms with Gasteiger partial charge in [-0.15, -0.1) is 0 Å². The molecule has 1 heterocycles. The number of rotatable bonds is 0. The maximum atomic E-state index is 11.9. The normalized spacial score (nSPS) is 39.6. The van der Waals surface area contributed by atoms with E-state index in [1.807, 2.05) is 0 Å². The van der Waals surface area contributed by atoms with Crippen LogP contribution in [-0.2, 0) is 9.05 Å². The van der Waals surface area contributed by atoms with Crippen molar-refractivity contribution >= 4 is 8.25 Å². The molecule has 1 aliphatic rings. The topological polar surface area (TPSA) is 38.7 Å². The van der Waals surface area contributed by atoms with Gasteiger partial charge in [0, 0.05) is 0 Å². The van der Waals surface area contributed by atoms with Gasteiger partial charge >= 0.3 is 43.7 Å². The van der Waals surface area contributed by atoms with Gasteiger partial charge in [0.15, 0.2) is 0 Å². The molecule has 1 saturated heterocycles. The molecule has 50 valence electrons. The second-order valence-electron chi connectivity index (χ2n) is 1.34. The zero-order valence-electron chi connectivity index (χ0n) is 3.80. The van der Waals surface area contributed by atoms with Gasteiger partial charge in [0.1, 0.15) is 0 Å². The van der Waals surface area contributed by atoms with Crippen LogP contribution >= 0.6 is 8.25 Å². The standard InChI is InChI=1S/C2H5F2O3P/c3-2-1-6-8(4,5)7-2/h2,5,8H,1H2. The molecule has 0 aliphatic carbocycles. The maximum absolute atomic E-state index is 11.9. The van der Waals surface area contributed by atoms with Gasteiger partial charge in [-0.1, -0.05) is 0 Å². The molecule has 1 rings (SSSR count). The molecule has 0 aromatic rings. The van der Waals surface area contributed by atoms with Crippen LogP contribution in [0.15, 0.2) is 0 Å². The van der Waals surface area contributed by atoms with Crippen molar-refractivity contribution in [3.63, 3.8) is 0 Å². The summed E-state index contributed by atoms with van der Waals surface area (Å²) < 4.78 is 31.1. The average Bonchev–Trinajstić information content (AvgIpc) is 1.82. The van der Waals surface area contributed by atoms with E-state index >= 15 is 0 Å². The molecule has 0 radical (unpaired) electrons. The fourth-order valence-corrected chi connectivity index (χ4v) is 1.18. The number of alkyl halides is 1. The molecule has 0 aromatic heterocycles. The van der Waals surface area contributed by atoms with Crippen molar-refractivity contribution < 1.29 is 22.5 Å². The second kappa shape index (κ2) is 1.84. The third-order valence-electron chi connectivity index (χ3n) is 0.666. The van der Waals surface area contributed by atoms with E-state index in [1.165, 1.54) is 0 Å².